The van der Waals surface area contributed by atoms with Gasteiger partial charge in [-0.05, 0) is 61.0 Å². The van der Waals surface area contributed by atoms with Crippen molar-refractivity contribution in [1.82, 2.24) is 0 Å². The molecule has 1 heterocycles. The molecule has 112 valence electrons. The largest absolute Gasteiger partial charge is 0.378 e. The number of anilines is 1. The number of thioether (sulfide) groups is 1. The minimum Gasteiger partial charge on any atom is -0.378 e. The Bertz CT molecular complexity index is 573. The summed E-state index contributed by atoms with van der Waals surface area (Å²) in [6, 6.07) is 11.1. The number of nitrogens with one attached hydrogen (secondary N) is 1. The van der Waals surface area contributed by atoms with Crippen LogP contribution in [0.3, 0.4) is 0 Å². The molecule has 0 bridgehead atoms. The van der Waals surface area contributed by atoms with Gasteiger partial charge in [0.05, 0.1) is 4.34 Å². The van der Waals surface area contributed by atoms with Crippen LogP contribution in [0.4, 0.5) is 5.69 Å². The van der Waals surface area contributed by atoms with Crippen LogP contribution in [-0.2, 0) is 0 Å². The molecule has 2 aromatic rings. The molecule has 1 N–H and O–H groups in total. The van der Waals surface area contributed by atoms with Crippen molar-refractivity contribution in [2.75, 3.05) is 5.32 Å². The summed E-state index contributed by atoms with van der Waals surface area (Å²) in [6.07, 6.45) is 5.55. The van der Waals surface area contributed by atoms with Crippen LogP contribution < -0.4 is 5.32 Å². The van der Waals surface area contributed by atoms with Crippen LogP contribution >= 0.6 is 34.7 Å². The molecule has 1 atom stereocenters. The summed E-state index contributed by atoms with van der Waals surface area (Å²) in [7, 11) is 0. The van der Waals surface area contributed by atoms with Crippen molar-refractivity contribution in [1.29, 1.82) is 0 Å². The zero-order valence-electron chi connectivity index (χ0n) is 12.1. The second kappa shape index (κ2) is 7.08. The fourth-order valence-electron chi connectivity index (χ4n) is 2.71. The average molecular weight is 338 g/mol. The van der Waals surface area contributed by atoms with Crippen LogP contribution in [0.15, 0.2) is 40.6 Å². The zero-order chi connectivity index (χ0) is 14.7. The number of benzene rings is 1. The highest BCUT2D eigenvalue weighted by molar-refractivity contribution is 8.00. The maximum absolute atomic E-state index is 6.00. The number of hydrogen-bond acceptors (Lipinski definition) is 3. The van der Waals surface area contributed by atoms with E-state index in [0.717, 1.165) is 9.59 Å². The Kier molecular flexibility index (Phi) is 5.15. The quantitative estimate of drug-likeness (QED) is 0.658. The zero-order valence-corrected chi connectivity index (χ0v) is 14.5. The first-order valence-electron chi connectivity index (χ1n) is 7.48. The van der Waals surface area contributed by atoms with Crippen LogP contribution in [0.25, 0.3) is 0 Å². The van der Waals surface area contributed by atoms with Gasteiger partial charge in [-0.3, -0.25) is 0 Å². The molecular formula is C17H20ClNS2. The van der Waals surface area contributed by atoms with Gasteiger partial charge < -0.3 is 5.32 Å². The normalized spacial score (nSPS) is 17.0. The topological polar surface area (TPSA) is 12.0 Å². The lowest BCUT2D eigenvalue weighted by atomic mass is 10.1. The highest BCUT2D eigenvalue weighted by Gasteiger charge is 2.16. The second-order valence-corrected chi connectivity index (χ2v) is 8.52. The van der Waals surface area contributed by atoms with E-state index in [0.29, 0.717) is 0 Å². The molecule has 1 saturated carbocycles. The Morgan fingerprint density at radius 2 is 1.95 bits per heavy atom. The van der Waals surface area contributed by atoms with E-state index in [1.807, 2.05) is 17.8 Å². The van der Waals surface area contributed by atoms with Crippen LogP contribution in [0.1, 0.15) is 44.2 Å². The first-order valence-corrected chi connectivity index (χ1v) is 9.61. The molecule has 0 spiro atoms. The Labute approximate surface area is 140 Å². The predicted molar refractivity (Wildman–Crippen MR) is 95.9 cm³/mol. The second-order valence-electron chi connectivity index (χ2n) is 5.60. The van der Waals surface area contributed by atoms with E-state index in [2.05, 4.69) is 41.9 Å². The fourth-order valence-corrected chi connectivity index (χ4v) is 4.94. The summed E-state index contributed by atoms with van der Waals surface area (Å²) < 4.78 is 0.849. The Morgan fingerprint density at radius 3 is 2.57 bits per heavy atom. The molecule has 1 aliphatic rings. The number of rotatable bonds is 5. The van der Waals surface area contributed by atoms with E-state index >= 15 is 0 Å². The van der Waals surface area contributed by atoms with Crippen molar-refractivity contribution < 1.29 is 0 Å². The molecule has 3 rings (SSSR count). The van der Waals surface area contributed by atoms with Crippen LogP contribution in [-0.4, -0.2) is 5.25 Å². The van der Waals surface area contributed by atoms with Gasteiger partial charge in [-0.2, -0.15) is 0 Å². The highest BCUT2D eigenvalue weighted by atomic mass is 35.5. The summed E-state index contributed by atoms with van der Waals surface area (Å²) >= 11 is 9.62. The molecule has 0 saturated heterocycles. The summed E-state index contributed by atoms with van der Waals surface area (Å²) in [6.45, 7) is 2.17. The van der Waals surface area contributed by atoms with E-state index in [9.17, 15) is 0 Å². The molecule has 0 radical (unpaired) electrons. The van der Waals surface area contributed by atoms with Crippen LogP contribution in [0.5, 0.6) is 0 Å². The van der Waals surface area contributed by atoms with E-state index in [1.165, 1.54) is 41.8 Å². The minimum absolute atomic E-state index is 0.280. The lowest BCUT2D eigenvalue weighted by Crippen LogP contribution is -2.05. The summed E-state index contributed by atoms with van der Waals surface area (Å²) in [4.78, 5) is 1.39. The highest BCUT2D eigenvalue weighted by Crippen LogP contribution is 2.35. The Morgan fingerprint density at radius 1 is 1.24 bits per heavy atom. The molecular weight excluding hydrogens is 318 g/mol. The van der Waals surface area contributed by atoms with Gasteiger partial charge >= 0.3 is 0 Å². The maximum atomic E-state index is 6.00. The molecule has 4 heteroatoms. The molecule has 1 aromatic carbocycles. The monoisotopic (exact) mass is 337 g/mol. The minimum atomic E-state index is 0.280. The maximum Gasteiger partial charge on any atom is 0.0931 e. The molecule has 21 heavy (non-hydrogen) atoms. The van der Waals surface area contributed by atoms with Crippen molar-refractivity contribution in [3.8, 4) is 0 Å². The molecule has 0 aliphatic heterocycles. The average Bonchev–Trinajstić information content (AvgIpc) is 3.12. The molecule has 1 aliphatic carbocycles. The molecule has 1 fully saturated rings. The van der Waals surface area contributed by atoms with E-state index < -0.39 is 0 Å². The summed E-state index contributed by atoms with van der Waals surface area (Å²) in [5, 5.41) is 6.48. The lowest BCUT2D eigenvalue weighted by Gasteiger charge is -2.15. The number of hydrogen-bond donors (Lipinski definition) is 1. The van der Waals surface area contributed by atoms with E-state index in [4.69, 9.17) is 11.6 Å². The van der Waals surface area contributed by atoms with Gasteiger partial charge in [-0.1, -0.05) is 24.4 Å². The van der Waals surface area contributed by atoms with Crippen LogP contribution in [0, 0.1) is 0 Å². The van der Waals surface area contributed by atoms with E-state index in [1.54, 1.807) is 11.3 Å². The van der Waals surface area contributed by atoms with Gasteiger partial charge in [0.15, 0.2) is 0 Å². The van der Waals surface area contributed by atoms with Crippen LogP contribution in [0.2, 0.25) is 4.34 Å². The third-order valence-corrected chi connectivity index (χ3v) is 6.39. The van der Waals surface area contributed by atoms with Gasteiger partial charge in [0.1, 0.15) is 0 Å². The Balaban J connectivity index is 1.58. The van der Waals surface area contributed by atoms with Crippen molar-refractivity contribution in [2.45, 2.75) is 48.8 Å². The van der Waals surface area contributed by atoms with Gasteiger partial charge in [0.2, 0.25) is 0 Å². The van der Waals surface area contributed by atoms with Gasteiger partial charge in [-0.15, -0.1) is 23.1 Å². The molecule has 1 nitrogen and oxygen atoms in total. The molecule has 1 unspecified atom stereocenters. The first-order chi connectivity index (χ1) is 10.2. The predicted octanol–water partition coefficient (Wildman–Crippen LogP) is 6.61. The smallest absolute Gasteiger partial charge is 0.0931 e. The third kappa shape index (κ3) is 4.18. The summed E-state index contributed by atoms with van der Waals surface area (Å²) in [5.74, 6) is 0. The van der Waals surface area contributed by atoms with Crippen molar-refractivity contribution >= 4 is 40.4 Å². The van der Waals surface area contributed by atoms with E-state index in [-0.39, 0.29) is 6.04 Å². The standard InChI is InChI=1S/C17H20ClNS2/c1-12(13-10-17(18)20-11-13)19-14-6-8-16(9-7-14)21-15-4-2-3-5-15/h6-12,15,19H,2-5H2,1H3. The van der Waals surface area contributed by atoms with Gasteiger partial charge in [-0.25, -0.2) is 0 Å². The molecule has 0 amide bonds. The van der Waals surface area contributed by atoms with Gasteiger partial charge in [0.25, 0.3) is 0 Å². The fraction of sp³-hybridized carbons (Fsp3) is 0.412. The Hall–Kier alpha value is -0.640. The third-order valence-electron chi connectivity index (χ3n) is 3.93. The van der Waals surface area contributed by atoms with Gasteiger partial charge in [0, 0.05) is 21.9 Å². The summed E-state index contributed by atoms with van der Waals surface area (Å²) in [5.41, 5.74) is 2.41. The lowest BCUT2D eigenvalue weighted by molar-refractivity contribution is 0.886. The first kappa shape index (κ1) is 15.3. The SMILES string of the molecule is CC(Nc1ccc(SC2CCCC2)cc1)c1csc(Cl)c1. The number of halogens is 1. The number of thiophene rings is 1. The molecule has 1 aromatic heterocycles. The van der Waals surface area contributed by atoms with Crippen molar-refractivity contribution in [2.24, 2.45) is 0 Å². The van der Waals surface area contributed by atoms with Crippen molar-refractivity contribution in [3.05, 3.63) is 45.6 Å². The van der Waals surface area contributed by atoms with Crippen molar-refractivity contribution in [3.63, 3.8) is 0 Å².